The first-order chi connectivity index (χ1) is 13.4. The summed E-state index contributed by atoms with van der Waals surface area (Å²) >= 11 is 1.55. The van der Waals surface area contributed by atoms with E-state index in [-0.39, 0.29) is 22.4 Å². The molecule has 1 aromatic heterocycles. The van der Waals surface area contributed by atoms with Gasteiger partial charge in [-0.15, -0.1) is 11.3 Å². The fraction of sp³-hybridized carbons (Fsp3) is 0.150. The van der Waals surface area contributed by atoms with E-state index < -0.39 is 10.0 Å². The minimum Gasteiger partial charge on any atom is -0.497 e. The molecule has 0 unspecified atom stereocenters. The van der Waals surface area contributed by atoms with Crippen molar-refractivity contribution in [1.82, 2.24) is 5.32 Å². The van der Waals surface area contributed by atoms with Crippen molar-refractivity contribution in [3.8, 4) is 5.75 Å². The second kappa shape index (κ2) is 8.45. The van der Waals surface area contributed by atoms with E-state index in [1.54, 1.807) is 47.7 Å². The number of rotatable bonds is 7. The lowest BCUT2D eigenvalue weighted by Crippen LogP contribution is -2.26. The Balaban J connectivity index is 1.76. The van der Waals surface area contributed by atoms with Gasteiger partial charge in [-0.1, -0.05) is 12.1 Å². The predicted molar refractivity (Wildman–Crippen MR) is 110 cm³/mol. The Morgan fingerprint density at radius 2 is 1.82 bits per heavy atom. The van der Waals surface area contributed by atoms with Crippen LogP contribution in [0.15, 0.2) is 70.9 Å². The molecule has 1 heterocycles. The van der Waals surface area contributed by atoms with E-state index in [2.05, 4.69) is 10.0 Å². The van der Waals surface area contributed by atoms with Crippen molar-refractivity contribution in [2.45, 2.75) is 17.9 Å². The second-order valence-electron chi connectivity index (χ2n) is 6.07. The molecule has 0 saturated heterocycles. The first-order valence-electron chi connectivity index (χ1n) is 8.50. The Hall–Kier alpha value is -2.84. The quantitative estimate of drug-likeness (QED) is 0.609. The van der Waals surface area contributed by atoms with Gasteiger partial charge in [0.2, 0.25) is 0 Å². The van der Waals surface area contributed by atoms with E-state index >= 15 is 0 Å². The molecule has 1 amide bonds. The Bertz CT molecular complexity index is 1050. The number of hydrogen-bond donors (Lipinski definition) is 2. The van der Waals surface area contributed by atoms with Crippen LogP contribution >= 0.6 is 11.3 Å². The molecule has 3 aromatic rings. The average molecular weight is 417 g/mol. The van der Waals surface area contributed by atoms with Crippen LogP contribution in [-0.4, -0.2) is 21.4 Å². The molecule has 1 atom stereocenters. The molecule has 0 aliphatic carbocycles. The maximum Gasteiger partial charge on any atom is 0.261 e. The van der Waals surface area contributed by atoms with Crippen LogP contribution in [0, 0.1) is 0 Å². The molecular weight excluding hydrogens is 396 g/mol. The number of methoxy groups -OCH3 is 1. The van der Waals surface area contributed by atoms with Crippen molar-refractivity contribution in [3.05, 3.63) is 76.5 Å². The Morgan fingerprint density at radius 1 is 1.07 bits per heavy atom. The predicted octanol–water partition coefficient (Wildman–Crippen LogP) is 4.05. The molecule has 2 N–H and O–H groups in total. The summed E-state index contributed by atoms with van der Waals surface area (Å²) in [6.07, 6.45) is 0. The minimum absolute atomic E-state index is 0.0137. The molecule has 0 bridgehead atoms. The molecule has 0 aliphatic heterocycles. The standard InChI is InChI=1S/C20H20N2O4S2/c1-14(19-7-4-12-27-19)21-20(23)15-5-3-6-18(13-15)28(24,25)22-16-8-10-17(26-2)11-9-16/h3-14,22H,1-2H3,(H,21,23)/t14-/m1/s1. The Kier molecular flexibility index (Phi) is 6.01. The zero-order valence-corrected chi connectivity index (χ0v) is 17.0. The highest BCUT2D eigenvalue weighted by Crippen LogP contribution is 2.21. The zero-order valence-electron chi connectivity index (χ0n) is 15.4. The maximum absolute atomic E-state index is 12.7. The van der Waals surface area contributed by atoms with Crippen molar-refractivity contribution in [2.24, 2.45) is 0 Å². The summed E-state index contributed by atoms with van der Waals surface area (Å²) in [4.78, 5) is 13.6. The lowest BCUT2D eigenvalue weighted by Gasteiger charge is -2.13. The van der Waals surface area contributed by atoms with Gasteiger partial charge in [0, 0.05) is 16.1 Å². The summed E-state index contributed by atoms with van der Waals surface area (Å²) < 4.78 is 32.9. The summed E-state index contributed by atoms with van der Waals surface area (Å²) in [6, 6.07) is 16.2. The molecule has 8 heteroatoms. The summed E-state index contributed by atoms with van der Waals surface area (Å²) in [6.45, 7) is 1.88. The van der Waals surface area contributed by atoms with Crippen LogP contribution in [0.3, 0.4) is 0 Å². The van der Waals surface area contributed by atoms with Gasteiger partial charge in [-0.25, -0.2) is 8.42 Å². The third kappa shape index (κ3) is 4.71. The third-order valence-corrected chi connectivity index (χ3v) is 6.50. The number of sulfonamides is 1. The van der Waals surface area contributed by atoms with Gasteiger partial charge in [0.1, 0.15) is 5.75 Å². The monoisotopic (exact) mass is 416 g/mol. The summed E-state index contributed by atoms with van der Waals surface area (Å²) in [5.74, 6) is 0.295. The number of anilines is 1. The molecule has 6 nitrogen and oxygen atoms in total. The van der Waals surface area contributed by atoms with Crippen LogP contribution in [0.4, 0.5) is 5.69 Å². The number of hydrogen-bond acceptors (Lipinski definition) is 5. The smallest absolute Gasteiger partial charge is 0.261 e. The fourth-order valence-corrected chi connectivity index (χ4v) is 4.40. The normalized spacial score (nSPS) is 12.2. The lowest BCUT2D eigenvalue weighted by atomic mass is 10.2. The van der Waals surface area contributed by atoms with Crippen molar-refractivity contribution in [1.29, 1.82) is 0 Å². The van der Waals surface area contributed by atoms with E-state index in [1.165, 1.54) is 19.2 Å². The number of amides is 1. The number of carbonyl (C=O) groups excluding carboxylic acids is 1. The highest BCUT2D eigenvalue weighted by molar-refractivity contribution is 7.92. The van der Waals surface area contributed by atoms with Gasteiger partial charge in [0.15, 0.2) is 0 Å². The number of carbonyl (C=O) groups is 1. The van der Waals surface area contributed by atoms with Crippen molar-refractivity contribution in [3.63, 3.8) is 0 Å². The molecule has 0 aliphatic rings. The highest BCUT2D eigenvalue weighted by atomic mass is 32.2. The van der Waals surface area contributed by atoms with Gasteiger partial charge in [-0.2, -0.15) is 0 Å². The van der Waals surface area contributed by atoms with Crippen LogP contribution in [0.25, 0.3) is 0 Å². The molecule has 2 aromatic carbocycles. The topological polar surface area (TPSA) is 84.5 Å². The molecule has 146 valence electrons. The van der Waals surface area contributed by atoms with E-state index in [0.29, 0.717) is 11.4 Å². The molecule has 0 spiro atoms. The molecule has 3 rings (SSSR count). The largest absolute Gasteiger partial charge is 0.497 e. The van der Waals surface area contributed by atoms with Gasteiger partial charge < -0.3 is 10.1 Å². The molecular formula is C20H20N2O4S2. The van der Waals surface area contributed by atoms with Crippen molar-refractivity contribution in [2.75, 3.05) is 11.8 Å². The maximum atomic E-state index is 12.7. The fourth-order valence-electron chi connectivity index (χ4n) is 2.57. The van der Waals surface area contributed by atoms with Gasteiger partial charge in [-0.05, 0) is 60.8 Å². The molecule has 0 saturated carbocycles. The summed E-state index contributed by atoms with van der Waals surface area (Å²) in [5, 5.41) is 4.82. The zero-order chi connectivity index (χ0) is 20.1. The minimum atomic E-state index is -3.83. The van der Waals surface area contributed by atoms with Crippen molar-refractivity contribution < 1.29 is 17.9 Å². The Labute approximate surface area is 168 Å². The average Bonchev–Trinajstić information content (AvgIpc) is 3.23. The van der Waals surface area contributed by atoms with Gasteiger partial charge in [0.05, 0.1) is 18.0 Å². The first kappa shape index (κ1) is 19.9. The number of ether oxygens (including phenoxy) is 1. The van der Waals surface area contributed by atoms with Crippen LogP contribution in [-0.2, 0) is 10.0 Å². The van der Waals surface area contributed by atoms with Gasteiger partial charge in [0.25, 0.3) is 15.9 Å². The van der Waals surface area contributed by atoms with Crippen LogP contribution in [0.5, 0.6) is 5.75 Å². The van der Waals surface area contributed by atoms with Gasteiger partial charge >= 0.3 is 0 Å². The number of benzene rings is 2. The van der Waals surface area contributed by atoms with Crippen LogP contribution in [0.1, 0.15) is 28.2 Å². The SMILES string of the molecule is COc1ccc(NS(=O)(=O)c2cccc(C(=O)N[C@H](C)c3cccs3)c2)cc1. The summed E-state index contributed by atoms with van der Waals surface area (Å²) in [5.41, 5.74) is 0.683. The van der Waals surface area contributed by atoms with Gasteiger partial charge in [-0.3, -0.25) is 9.52 Å². The Morgan fingerprint density at radius 3 is 2.46 bits per heavy atom. The number of nitrogens with one attached hydrogen (secondary N) is 2. The van der Waals surface area contributed by atoms with Crippen LogP contribution in [0.2, 0.25) is 0 Å². The first-order valence-corrected chi connectivity index (χ1v) is 10.9. The third-order valence-electron chi connectivity index (χ3n) is 4.07. The molecule has 0 fully saturated rings. The van der Waals surface area contributed by atoms with Crippen LogP contribution < -0.4 is 14.8 Å². The highest BCUT2D eigenvalue weighted by Gasteiger charge is 2.18. The number of thiophene rings is 1. The second-order valence-corrected chi connectivity index (χ2v) is 8.73. The van der Waals surface area contributed by atoms with Crippen molar-refractivity contribution >= 4 is 33.0 Å². The van der Waals surface area contributed by atoms with E-state index in [9.17, 15) is 13.2 Å². The molecule has 0 radical (unpaired) electrons. The van der Waals surface area contributed by atoms with E-state index in [1.807, 2.05) is 24.4 Å². The van der Waals surface area contributed by atoms with E-state index in [4.69, 9.17) is 4.74 Å². The summed E-state index contributed by atoms with van der Waals surface area (Å²) in [7, 11) is -2.29. The van der Waals surface area contributed by atoms with E-state index in [0.717, 1.165) is 4.88 Å². The molecule has 28 heavy (non-hydrogen) atoms. The lowest BCUT2D eigenvalue weighted by molar-refractivity contribution is 0.0940.